The predicted molar refractivity (Wildman–Crippen MR) is 251 cm³/mol. The van der Waals surface area contributed by atoms with Crippen LogP contribution in [0.1, 0.15) is 121 Å². The first-order valence-electron chi connectivity index (χ1n) is 23.4. The first-order chi connectivity index (χ1) is 32.5. The molecule has 7 atom stereocenters. The highest BCUT2D eigenvalue weighted by molar-refractivity contribution is 5.93. The summed E-state index contributed by atoms with van der Waals surface area (Å²) in [7, 11) is 4.64. The SMILES string of the molecule is CC(C)CC(C(=O)OC(C)C(=O)N(C)C(CC(C)(C)F)C(=O)OC(Cc1ccc(OC(F)(F)F)cc1)C(=O)N(C)C(CC(C)C)C(=O)OC(C)C(=O)N(C)C(CC(C)(C)F)C(=O)O)N(C)C(=O)OC(C)(C)C. The molecule has 0 heterocycles. The molecule has 0 spiro atoms. The number of rotatable bonds is 25. The Bertz CT molecular complexity index is 2030. The molecule has 0 aliphatic heterocycles. The van der Waals surface area contributed by atoms with Crippen molar-refractivity contribution < 1.29 is 89.1 Å². The number of nitrogens with zero attached hydrogens (tertiary/aromatic N) is 4. The van der Waals surface area contributed by atoms with Crippen molar-refractivity contribution in [3.8, 4) is 5.75 Å². The first kappa shape index (κ1) is 64.2. The Morgan fingerprint density at radius 2 is 0.917 bits per heavy atom. The molecule has 72 heavy (non-hydrogen) atoms. The fourth-order valence-electron chi connectivity index (χ4n) is 7.17. The van der Waals surface area contributed by atoms with Gasteiger partial charge < -0.3 is 43.5 Å². The molecule has 18 nitrogen and oxygen atoms in total. The molecule has 0 fully saturated rings. The van der Waals surface area contributed by atoms with Gasteiger partial charge in [-0.1, -0.05) is 39.8 Å². The lowest BCUT2D eigenvalue weighted by Crippen LogP contribution is -2.54. The van der Waals surface area contributed by atoms with E-state index in [1.54, 1.807) is 48.5 Å². The maximum absolute atomic E-state index is 15.6. The van der Waals surface area contributed by atoms with Gasteiger partial charge in [0.05, 0.1) is 0 Å². The predicted octanol–water partition coefficient (Wildman–Crippen LogP) is 7.07. The Morgan fingerprint density at radius 1 is 0.542 bits per heavy atom. The van der Waals surface area contributed by atoms with Crippen LogP contribution >= 0.6 is 0 Å². The van der Waals surface area contributed by atoms with E-state index in [1.807, 2.05) is 0 Å². The molecule has 0 aliphatic carbocycles. The molecule has 0 radical (unpaired) electrons. The quantitative estimate of drug-likeness (QED) is 0.0589. The molecule has 0 saturated carbocycles. The summed E-state index contributed by atoms with van der Waals surface area (Å²) in [5.41, 5.74) is -5.04. The topological polar surface area (TPSA) is 216 Å². The molecular formula is C49H75F5N4O14. The van der Waals surface area contributed by atoms with Crippen LogP contribution in [0.25, 0.3) is 0 Å². The van der Waals surface area contributed by atoms with Crippen LogP contribution in [-0.2, 0) is 58.9 Å². The number of amides is 4. The Balaban J connectivity index is 3.74. The number of esters is 3. The van der Waals surface area contributed by atoms with Crippen LogP contribution in [0.4, 0.5) is 26.7 Å². The number of hydrogen-bond acceptors (Lipinski definition) is 13. The summed E-state index contributed by atoms with van der Waals surface area (Å²) in [6.45, 7) is 18.6. The molecule has 1 rings (SSSR count). The summed E-state index contributed by atoms with van der Waals surface area (Å²) >= 11 is 0. The van der Waals surface area contributed by atoms with Gasteiger partial charge in [0.25, 0.3) is 17.7 Å². The number of carbonyl (C=O) groups excluding carboxylic acids is 7. The summed E-state index contributed by atoms with van der Waals surface area (Å²) in [6, 6.07) is -2.13. The van der Waals surface area contributed by atoms with Crippen molar-refractivity contribution in [2.75, 3.05) is 28.2 Å². The van der Waals surface area contributed by atoms with Gasteiger partial charge in [-0.25, -0.2) is 32.8 Å². The van der Waals surface area contributed by atoms with Crippen molar-refractivity contribution in [2.45, 2.75) is 188 Å². The number of carboxylic acid groups (broad SMARTS) is 1. The van der Waals surface area contributed by atoms with Gasteiger partial charge >= 0.3 is 36.3 Å². The van der Waals surface area contributed by atoms with Gasteiger partial charge in [-0.05, 0) is 105 Å². The van der Waals surface area contributed by atoms with Crippen LogP contribution in [0, 0.1) is 11.8 Å². The van der Waals surface area contributed by atoms with Crippen molar-refractivity contribution in [3.05, 3.63) is 29.8 Å². The second-order valence-corrected chi connectivity index (χ2v) is 20.9. The Labute approximate surface area is 419 Å². The van der Waals surface area contributed by atoms with Gasteiger partial charge in [-0.3, -0.25) is 19.3 Å². The van der Waals surface area contributed by atoms with Crippen molar-refractivity contribution in [1.29, 1.82) is 0 Å². The smallest absolute Gasteiger partial charge is 0.480 e. The van der Waals surface area contributed by atoms with Crippen LogP contribution in [0.3, 0.4) is 0 Å². The zero-order valence-corrected chi connectivity index (χ0v) is 44.5. The summed E-state index contributed by atoms with van der Waals surface area (Å²) in [5.74, 6) is -9.35. The molecule has 0 bridgehead atoms. The average molecular weight is 1040 g/mol. The fraction of sp³-hybridized carbons (Fsp3) is 0.714. The van der Waals surface area contributed by atoms with E-state index in [4.69, 9.17) is 18.9 Å². The van der Waals surface area contributed by atoms with Crippen LogP contribution in [-0.4, -0.2) is 166 Å². The first-order valence-corrected chi connectivity index (χ1v) is 23.4. The zero-order chi connectivity index (χ0) is 56.2. The number of aliphatic carboxylic acids is 1. The minimum atomic E-state index is -5.05. The van der Waals surface area contributed by atoms with Gasteiger partial charge in [0.1, 0.15) is 46.9 Å². The lowest BCUT2D eigenvalue weighted by Gasteiger charge is -2.35. The molecule has 7 unspecified atom stereocenters. The van der Waals surface area contributed by atoms with E-state index >= 15 is 4.39 Å². The molecule has 0 aliphatic rings. The second-order valence-electron chi connectivity index (χ2n) is 20.9. The van der Waals surface area contributed by atoms with Gasteiger partial charge in [-0.15, -0.1) is 13.2 Å². The standard InChI is InChI=1S/C49H75F5N4O14/c1-27(2)22-33(42(64)68-29(5)38(59)56(15)35(41(62)63)25-47(10,11)50)55(14)40(61)37(24-31-18-20-32(21-19-31)71-49(52,53)54)70-44(66)36(26-48(12,13)51)57(16)39(60)30(6)69-43(65)34(23-28(3)4)58(17)45(67)72-46(7,8)9/h18-21,27-30,33-37H,22-26H2,1-17H3,(H,62,63). The summed E-state index contributed by atoms with van der Waals surface area (Å²) < 4.78 is 95.2. The third kappa shape index (κ3) is 21.9. The summed E-state index contributed by atoms with van der Waals surface area (Å²) in [5, 5.41) is 9.75. The average Bonchev–Trinajstić information content (AvgIpc) is 3.22. The molecule has 0 saturated heterocycles. The lowest BCUT2D eigenvalue weighted by atomic mass is 9.98. The molecule has 1 N–H and O–H groups in total. The van der Waals surface area contributed by atoms with E-state index in [-0.39, 0.29) is 30.2 Å². The number of ether oxygens (including phenoxy) is 5. The Kier molecular flexibility index (Phi) is 23.4. The van der Waals surface area contributed by atoms with E-state index in [9.17, 15) is 61.0 Å². The fourth-order valence-corrected chi connectivity index (χ4v) is 7.17. The van der Waals surface area contributed by atoms with Crippen LogP contribution < -0.4 is 4.74 Å². The van der Waals surface area contributed by atoms with Crippen molar-refractivity contribution in [1.82, 2.24) is 19.6 Å². The minimum Gasteiger partial charge on any atom is -0.480 e. The maximum atomic E-state index is 15.6. The third-order valence-electron chi connectivity index (χ3n) is 10.8. The van der Waals surface area contributed by atoms with E-state index < -0.39 is 138 Å². The largest absolute Gasteiger partial charge is 0.573 e. The number of carbonyl (C=O) groups is 8. The highest BCUT2D eigenvalue weighted by Crippen LogP contribution is 2.27. The number of alkyl halides is 5. The minimum absolute atomic E-state index is 0.0932. The molecule has 0 aromatic heterocycles. The van der Waals surface area contributed by atoms with E-state index in [0.29, 0.717) is 4.90 Å². The van der Waals surface area contributed by atoms with E-state index in [1.165, 1.54) is 14.0 Å². The van der Waals surface area contributed by atoms with Crippen molar-refractivity contribution in [2.24, 2.45) is 11.8 Å². The zero-order valence-electron chi connectivity index (χ0n) is 44.5. The number of benzene rings is 1. The third-order valence-corrected chi connectivity index (χ3v) is 10.8. The summed E-state index contributed by atoms with van der Waals surface area (Å²) in [6.07, 6.45) is -13.1. The Morgan fingerprint density at radius 3 is 1.29 bits per heavy atom. The van der Waals surface area contributed by atoms with Gasteiger partial charge in [0, 0.05) is 47.5 Å². The number of halogens is 5. The van der Waals surface area contributed by atoms with Gasteiger partial charge in [0.2, 0.25) is 0 Å². The van der Waals surface area contributed by atoms with Crippen molar-refractivity contribution >= 4 is 47.7 Å². The molecule has 4 amide bonds. The highest BCUT2D eigenvalue weighted by Gasteiger charge is 2.43. The number of carboxylic acids is 1. The van der Waals surface area contributed by atoms with Crippen LogP contribution in [0.15, 0.2) is 24.3 Å². The summed E-state index contributed by atoms with van der Waals surface area (Å²) in [4.78, 5) is 112. The molecule has 23 heteroatoms. The van der Waals surface area contributed by atoms with Crippen molar-refractivity contribution in [3.63, 3.8) is 0 Å². The number of likely N-dealkylation sites (N-methyl/N-ethyl adjacent to an activating group) is 4. The number of hydrogen-bond donors (Lipinski definition) is 1. The van der Waals surface area contributed by atoms with Crippen LogP contribution in [0.5, 0.6) is 5.75 Å². The van der Waals surface area contributed by atoms with Crippen LogP contribution in [0.2, 0.25) is 0 Å². The molecule has 410 valence electrons. The molecular weight excluding hydrogens is 964 g/mol. The molecule has 1 aromatic carbocycles. The normalized spacial score (nSPS) is 15.2. The lowest BCUT2D eigenvalue weighted by molar-refractivity contribution is -0.274. The Hall–Kier alpha value is -5.77. The highest BCUT2D eigenvalue weighted by atomic mass is 19.4. The van der Waals surface area contributed by atoms with E-state index in [2.05, 4.69) is 4.74 Å². The van der Waals surface area contributed by atoms with Gasteiger partial charge in [0.15, 0.2) is 18.3 Å². The molecule has 1 aromatic rings. The van der Waals surface area contributed by atoms with Gasteiger partial charge in [-0.2, -0.15) is 0 Å². The maximum Gasteiger partial charge on any atom is 0.573 e. The second kappa shape index (κ2) is 26.3. The monoisotopic (exact) mass is 1040 g/mol. The van der Waals surface area contributed by atoms with E-state index in [0.717, 1.165) is 94.7 Å².